The molecule has 1 aromatic rings. The molecule has 2 atom stereocenters. The molecule has 2 nitrogen and oxygen atoms in total. The van der Waals surface area contributed by atoms with Gasteiger partial charge in [0.05, 0.1) is 0 Å². The summed E-state index contributed by atoms with van der Waals surface area (Å²) in [5, 5.41) is 0. The number of likely N-dealkylation sites (tertiary alicyclic amines) is 1. The standard InChI is InChI=1S/C16H22BrNO/c1-13-10-11-18(12-15(13)17)16(19)9-5-8-14-6-3-2-4-7-14/h2-4,6-7,13,15H,5,8-12H2,1H3. The van der Waals surface area contributed by atoms with Crippen LogP contribution in [-0.4, -0.2) is 28.7 Å². The number of rotatable bonds is 4. The molecular weight excluding hydrogens is 302 g/mol. The largest absolute Gasteiger partial charge is 0.342 e. The van der Waals surface area contributed by atoms with Crippen LogP contribution in [0.4, 0.5) is 0 Å². The Balaban J connectivity index is 1.73. The number of piperidine rings is 1. The number of carbonyl (C=O) groups excluding carboxylic acids is 1. The van der Waals surface area contributed by atoms with Gasteiger partial charge in [0.1, 0.15) is 0 Å². The highest BCUT2D eigenvalue weighted by Crippen LogP contribution is 2.23. The fourth-order valence-electron chi connectivity index (χ4n) is 2.50. The van der Waals surface area contributed by atoms with Gasteiger partial charge in [-0.15, -0.1) is 0 Å². The molecule has 1 fully saturated rings. The third-order valence-corrected chi connectivity index (χ3v) is 5.11. The zero-order chi connectivity index (χ0) is 13.7. The second-order valence-corrected chi connectivity index (χ2v) is 6.64. The van der Waals surface area contributed by atoms with Crippen molar-refractivity contribution in [1.82, 2.24) is 4.90 Å². The van der Waals surface area contributed by atoms with Gasteiger partial charge < -0.3 is 4.90 Å². The van der Waals surface area contributed by atoms with Crippen LogP contribution < -0.4 is 0 Å². The van der Waals surface area contributed by atoms with E-state index in [0.717, 1.165) is 32.4 Å². The zero-order valence-electron chi connectivity index (χ0n) is 11.5. The van der Waals surface area contributed by atoms with E-state index in [9.17, 15) is 4.79 Å². The van der Waals surface area contributed by atoms with Crippen molar-refractivity contribution >= 4 is 21.8 Å². The van der Waals surface area contributed by atoms with Crippen molar-refractivity contribution in [1.29, 1.82) is 0 Å². The monoisotopic (exact) mass is 323 g/mol. The molecule has 0 aliphatic carbocycles. The minimum absolute atomic E-state index is 0.312. The predicted octanol–water partition coefficient (Wildman–Crippen LogP) is 3.64. The van der Waals surface area contributed by atoms with E-state index < -0.39 is 0 Å². The lowest BCUT2D eigenvalue weighted by Gasteiger charge is -2.34. The summed E-state index contributed by atoms with van der Waals surface area (Å²) in [5.74, 6) is 0.987. The summed E-state index contributed by atoms with van der Waals surface area (Å²) < 4.78 is 0. The van der Waals surface area contributed by atoms with Gasteiger partial charge in [0.2, 0.25) is 5.91 Å². The predicted molar refractivity (Wildman–Crippen MR) is 82.5 cm³/mol. The van der Waals surface area contributed by atoms with E-state index in [1.165, 1.54) is 5.56 Å². The van der Waals surface area contributed by atoms with E-state index >= 15 is 0 Å². The van der Waals surface area contributed by atoms with Gasteiger partial charge in [-0.2, -0.15) is 0 Å². The first-order valence-corrected chi connectivity index (χ1v) is 8.04. The van der Waals surface area contributed by atoms with E-state index in [1.54, 1.807) is 0 Å². The van der Waals surface area contributed by atoms with E-state index in [4.69, 9.17) is 0 Å². The first-order chi connectivity index (χ1) is 9.16. The Bertz CT molecular complexity index is 406. The second kappa shape index (κ2) is 7.09. The first kappa shape index (κ1) is 14.6. The summed E-state index contributed by atoms with van der Waals surface area (Å²) in [4.78, 5) is 14.6. The van der Waals surface area contributed by atoms with Gasteiger partial charge in [0, 0.05) is 24.3 Å². The van der Waals surface area contributed by atoms with E-state index in [-0.39, 0.29) is 0 Å². The zero-order valence-corrected chi connectivity index (χ0v) is 13.1. The van der Waals surface area contributed by atoms with Gasteiger partial charge in [0.15, 0.2) is 0 Å². The van der Waals surface area contributed by atoms with Crippen LogP contribution >= 0.6 is 15.9 Å². The van der Waals surface area contributed by atoms with Gasteiger partial charge in [-0.1, -0.05) is 53.2 Å². The highest BCUT2D eigenvalue weighted by molar-refractivity contribution is 9.09. The molecule has 1 heterocycles. The molecule has 19 heavy (non-hydrogen) atoms. The molecule has 3 heteroatoms. The van der Waals surface area contributed by atoms with Crippen LogP contribution in [0.15, 0.2) is 30.3 Å². The number of hydrogen-bond acceptors (Lipinski definition) is 1. The van der Waals surface area contributed by atoms with Crippen molar-refractivity contribution in [3.8, 4) is 0 Å². The molecule has 0 aromatic heterocycles. The fourth-order valence-corrected chi connectivity index (χ4v) is 3.11. The van der Waals surface area contributed by atoms with Crippen molar-refractivity contribution in [3.63, 3.8) is 0 Å². The highest BCUT2D eigenvalue weighted by atomic mass is 79.9. The maximum Gasteiger partial charge on any atom is 0.222 e. The number of amides is 1. The Hall–Kier alpha value is -0.830. The van der Waals surface area contributed by atoms with Crippen LogP contribution in [-0.2, 0) is 11.2 Å². The molecule has 104 valence electrons. The summed E-state index contributed by atoms with van der Waals surface area (Å²) >= 11 is 3.67. The van der Waals surface area contributed by atoms with Crippen LogP contribution in [0.1, 0.15) is 31.7 Å². The van der Waals surface area contributed by atoms with Crippen molar-refractivity contribution in [2.24, 2.45) is 5.92 Å². The Labute approximate surface area is 124 Å². The number of nitrogens with zero attached hydrogens (tertiary/aromatic N) is 1. The molecule has 2 rings (SSSR count). The average Bonchev–Trinajstić information content (AvgIpc) is 2.43. The van der Waals surface area contributed by atoms with E-state index in [1.807, 2.05) is 11.0 Å². The number of hydrogen-bond donors (Lipinski definition) is 0. The molecule has 0 N–H and O–H groups in total. The van der Waals surface area contributed by atoms with E-state index in [0.29, 0.717) is 23.1 Å². The highest BCUT2D eigenvalue weighted by Gasteiger charge is 2.26. The average molecular weight is 324 g/mol. The second-order valence-electron chi connectivity index (χ2n) is 5.46. The van der Waals surface area contributed by atoms with Crippen LogP contribution in [0.2, 0.25) is 0 Å². The molecule has 0 bridgehead atoms. The third kappa shape index (κ3) is 4.34. The van der Waals surface area contributed by atoms with Gasteiger partial charge in [-0.3, -0.25) is 4.79 Å². The fraction of sp³-hybridized carbons (Fsp3) is 0.562. The first-order valence-electron chi connectivity index (χ1n) is 7.12. The number of carbonyl (C=O) groups is 1. The van der Waals surface area contributed by atoms with Crippen molar-refractivity contribution < 1.29 is 4.79 Å². The van der Waals surface area contributed by atoms with Gasteiger partial charge in [0.25, 0.3) is 0 Å². The summed E-state index contributed by atoms with van der Waals surface area (Å²) in [5.41, 5.74) is 1.32. The van der Waals surface area contributed by atoms with Crippen LogP contribution in [0, 0.1) is 5.92 Å². The summed E-state index contributed by atoms with van der Waals surface area (Å²) in [6.45, 7) is 4.04. The van der Waals surface area contributed by atoms with Gasteiger partial charge in [-0.05, 0) is 30.7 Å². The lowest BCUT2D eigenvalue weighted by Crippen LogP contribution is -2.43. The third-order valence-electron chi connectivity index (χ3n) is 3.92. The summed E-state index contributed by atoms with van der Waals surface area (Å²) in [6.07, 6.45) is 3.72. The Morgan fingerprint density at radius 2 is 2.11 bits per heavy atom. The lowest BCUT2D eigenvalue weighted by molar-refractivity contribution is -0.132. The van der Waals surface area contributed by atoms with Crippen molar-refractivity contribution in [2.75, 3.05) is 13.1 Å². The van der Waals surface area contributed by atoms with E-state index in [2.05, 4.69) is 47.1 Å². The maximum atomic E-state index is 12.1. The van der Waals surface area contributed by atoms with Crippen LogP contribution in [0.3, 0.4) is 0 Å². The van der Waals surface area contributed by atoms with Gasteiger partial charge in [-0.25, -0.2) is 0 Å². The summed E-state index contributed by atoms with van der Waals surface area (Å²) in [6, 6.07) is 10.4. The molecule has 1 aromatic carbocycles. The molecular formula is C16H22BrNO. The molecule has 0 spiro atoms. The minimum atomic E-state index is 0.312. The molecule has 0 saturated carbocycles. The smallest absolute Gasteiger partial charge is 0.222 e. The molecule has 1 saturated heterocycles. The summed E-state index contributed by atoms with van der Waals surface area (Å²) in [7, 11) is 0. The lowest BCUT2D eigenvalue weighted by atomic mass is 9.98. The molecule has 1 aliphatic rings. The van der Waals surface area contributed by atoms with Crippen molar-refractivity contribution in [2.45, 2.75) is 37.4 Å². The molecule has 0 radical (unpaired) electrons. The Kier molecular flexibility index (Phi) is 5.44. The van der Waals surface area contributed by atoms with Crippen LogP contribution in [0.25, 0.3) is 0 Å². The molecule has 1 aliphatic heterocycles. The number of aryl methyl sites for hydroxylation is 1. The molecule has 1 amide bonds. The molecule has 2 unspecified atom stereocenters. The van der Waals surface area contributed by atoms with Crippen LogP contribution in [0.5, 0.6) is 0 Å². The SMILES string of the molecule is CC1CCN(C(=O)CCCc2ccccc2)CC1Br. The maximum absolute atomic E-state index is 12.1. The minimum Gasteiger partial charge on any atom is -0.342 e. The quantitative estimate of drug-likeness (QED) is 0.775. The normalized spacial score (nSPS) is 23.4. The van der Waals surface area contributed by atoms with Gasteiger partial charge >= 0.3 is 0 Å². The number of halogens is 1. The number of benzene rings is 1. The number of alkyl halides is 1. The topological polar surface area (TPSA) is 20.3 Å². The van der Waals surface area contributed by atoms with Crippen molar-refractivity contribution in [3.05, 3.63) is 35.9 Å². The Morgan fingerprint density at radius 3 is 2.79 bits per heavy atom. The Morgan fingerprint density at radius 1 is 1.37 bits per heavy atom.